The summed E-state index contributed by atoms with van der Waals surface area (Å²) in [6, 6.07) is 9.30. The number of carbonyl (C=O) groups excluding carboxylic acids is 2. The van der Waals surface area contributed by atoms with Gasteiger partial charge in [0.2, 0.25) is 17.7 Å². The molecule has 4 aromatic heterocycles. The molecule has 0 bridgehead atoms. The summed E-state index contributed by atoms with van der Waals surface area (Å²) in [7, 11) is 1.74. The van der Waals surface area contributed by atoms with Crippen LogP contribution in [-0.2, 0) is 21.4 Å². The molecule has 2 amide bonds. The molecule has 16 heteroatoms. The fourth-order valence-electron chi connectivity index (χ4n) is 9.32. The van der Waals surface area contributed by atoms with E-state index in [1.807, 2.05) is 38.1 Å². The lowest BCUT2D eigenvalue weighted by Crippen LogP contribution is -2.48. The van der Waals surface area contributed by atoms with E-state index in [1.54, 1.807) is 24.1 Å². The molecule has 1 unspecified atom stereocenters. The number of imidazole rings is 1. The van der Waals surface area contributed by atoms with Crippen molar-refractivity contribution in [3.63, 3.8) is 0 Å². The molecule has 4 aliphatic rings. The Morgan fingerprint density at radius 2 is 1.60 bits per heavy atom. The number of hydrogen-bond acceptors (Lipinski definition) is 12. The van der Waals surface area contributed by atoms with Crippen LogP contribution in [0, 0.1) is 5.92 Å². The molecule has 1 atom stereocenters. The molecule has 58 heavy (non-hydrogen) atoms. The zero-order chi connectivity index (χ0) is 39.9. The Morgan fingerprint density at radius 3 is 2.36 bits per heavy atom. The van der Waals surface area contributed by atoms with Gasteiger partial charge in [-0.15, -0.1) is 0 Å². The molecule has 3 saturated heterocycles. The van der Waals surface area contributed by atoms with Gasteiger partial charge in [0.15, 0.2) is 0 Å². The van der Waals surface area contributed by atoms with Crippen molar-refractivity contribution >= 4 is 45.3 Å². The first-order valence-electron chi connectivity index (χ1n) is 20.9. The monoisotopic (exact) mass is 791 g/mol. The number of hydrogen-bond donors (Lipinski definition) is 2. The number of piperazine rings is 1. The van der Waals surface area contributed by atoms with Crippen LogP contribution in [0.1, 0.15) is 71.3 Å². The number of H-pyrrole nitrogens is 1. The topological polar surface area (TPSA) is 169 Å². The lowest BCUT2D eigenvalue weighted by atomic mass is 9.86. The Labute approximate surface area is 336 Å². The summed E-state index contributed by atoms with van der Waals surface area (Å²) in [5.74, 6) is 1.48. The maximum Gasteiger partial charge on any atom is 0.329 e. The first kappa shape index (κ1) is 38.2. The number of rotatable bonds is 10. The number of fused-ring (bicyclic) bond motifs is 2. The SMILES string of the molecule is CC(C)Oc1cc2c(-c3cc(N4CCN(CC5CCC(OC6CCN(c7ccc8c(c7)n(C)c(=O)n8C7CCC(=O)NC7=O)CC6)CC5)CC4)ncn3)n[nH]c2cn1. The molecule has 2 N–H and O–H groups in total. The second kappa shape index (κ2) is 16.1. The minimum absolute atomic E-state index is 0.0314. The fourth-order valence-corrected chi connectivity index (χ4v) is 9.32. The highest BCUT2D eigenvalue weighted by Crippen LogP contribution is 2.33. The summed E-state index contributed by atoms with van der Waals surface area (Å²) in [6.07, 6.45) is 11.1. The van der Waals surface area contributed by atoms with Gasteiger partial charge in [-0.3, -0.25) is 34.0 Å². The van der Waals surface area contributed by atoms with Crippen LogP contribution in [0.2, 0.25) is 0 Å². The first-order valence-corrected chi connectivity index (χ1v) is 20.9. The van der Waals surface area contributed by atoms with Gasteiger partial charge in [-0.25, -0.2) is 19.7 Å². The third-order valence-corrected chi connectivity index (χ3v) is 12.5. The number of amides is 2. The highest BCUT2D eigenvalue weighted by Gasteiger charge is 2.32. The molecule has 1 saturated carbocycles. The summed E-state index contributed by atoms with van der Waals surface area (Å²) in [4.78, 5) is 58.5. The van der Waals surface area contributed by atoms with Crippen LogP contribution in [0.5, 0.6) is 5.88 Å². The van der Waals surface area contributed by atoms with E-state index in [1.165, 1.54) is 17.4 Å². The Bertz CT molecular complexity index is 2350. The minimum Gasteiger partial charge on any atom is -0.475 e. The number of imide groups is 1. The van der Waals surface area contributed by atoms with E-state index in [0.29, 0.717) is 29.8 Å². The van der Waals surface area contributed by atoms with Gasteiger partial charge >= 0.3 is 5.69 Å². The number of carbonyl (C=O) groups is 2. The number of ether oxygens (including phenoxy) is 2. The molecular formula is C42H53N11O5. The number of anilines is 2. The van der Waals surface area contributed by atoms with Crippen molar-refractivity contribution < 1.29 is 19.1 Å². The van der Waals surface area contributed by atoms with Gasteiger partial charge in [-0.2, -0.15) is 5.10 Å². The molecule has 1 aliphatic carbocycles. The Morgan fingerprint density at radius 1 is 0.828 bits per heavy atom. The quantitative estimate of drug-likeness (QED) is 0.194. The number of aryl methyl sites for hydroxylation is 1. The van der Waals surface area contributed by atoms with Gasteiger partial charge in [-0.1, -0.05) is 0 Å². The highest BCUT2D eigenvalue weighted by atomic mass is 16.5. The van der Waals surface area contributed by atoms with Gasteiger partial charge in [0, 0.05) is 82.5 Å². The second-order valence-corrected chi connectivity index (χ2v) is 16.7. The molecule has 0 radical (unpaired) electrons. The maximum atomic E-state index is 13.2. The van der Waals surface area contributed by atoms with Crippen LogP contribution in [0.25, 0.3) is 33.3 Å². The molecule has 9 rings (SSSR count). The molecule has 5 aromatic rings. The third kappa shape index (κ3) is 7.78. The van der Waals surface area contributed by atoms with E-state index < -0.39 is 11.9 Å². The lowest BCUT2D eigenvalue weighted by molar-refractivity contribution is -0.135. The first-order chi connectivity index (χ1) is 28.2. The van der Waals surface area contributed by atoms with Crippen LogP contribution in [0.4, 0.5) is 11.5 Å². The number of aromatic amines is 1. The fraction of sp³-hybridized carbons (Fsp3) is 0.548. The van der Waals surface area contributed by atoms with E-state index in [-0.39, 0.29) is 30.2 Å². The van der Waals surface area contributed by atoms with Crippen LogP contribution < -0.4 is 25.5 Å². The van der Waals surface area contributed by atoms with Gasteiger partial charge in [0.25, 0.3) is 0 Å². The summed E-state index contributed by atoms with van der Waals surface area (Å²) >= 11 is 0. The zero-order valence-corrected chi connectivity index (χ0v) is 33.6. The molecule has 3 aliphatic heterocycles. The molecule has 16 nitrogen and oxygen atoms in total. The van der Waals surface area contributed by atoms with E-state index in [2.05, 4.69) is 51.2 Å². The molecule has 0 spiro atoms. The van der Waals surface area contributed by atoms with E-state index >= 15 is 0 Å². The predicted octanol–water partition coefficient (Wildman–Crippen LogP) is 4.20. The van der Waals surface area contributed by atoms with Gasteiger partial charge < -0.3 is 19.3 Å². The van der Waals surface area contributed by atoms with Crippen LogP contribution in [0.3, 0.4) is 0 Å². The Hall–Kier alpha value is -5.35. The summed E-state index contributed by atoms with van der Waals surface area (Å²) in [5, 5.41) is 10.9. The van der Waals surface area contributed by atoms with Gasteiger partial charge in [0.05, 0.1) is 46.8 Å². The predicted molar refractivity (Wildman–Crippen MR) is 220 cm³/mol. The van der Waals surface area contributed by atoms with Crippen LogP contribution >= 0.6 is 0 Å². The maximum absolute atomic E-state index is 13.2. The van der Waals surface area contributed by atoms with Crippen molar-refractivity contribution in [2.45, 2.75) is 89.6 Å². The largest absolute Gasteiger partial charge is 0.475 e. The second-order valence-electron chi connectivity index (χ2n) is 16.7. The summed E-state index contributed by atoms with van der Waals surface area (Å²) < 4.78 is 15.7. The molecule has 4 fully saturated rings. The van der Waals surface area contributed by atoms with Crippen molar-refractivity contribution in [3.05, 3.63) is 53.3 Å². The molecule has 306 valence electrons. The van der Waals surface area contributed by atoms with Crippen molar-refractivity contribution in [1.82, 2.24) is 44.5 Å². The minimum atomic E-state index is -0.681. The number of nitrogens with one attached hydrogen (secondary N) is 2. The van der Waals surface area contributed by atoms with Gasteiger partial charge in [0.1, 0.15) is 23.9 Å². The number of aromatic nitrogens is 7. The number of pyridine rings is 1. The van der Waals surface area contributed by atoms with E-state index in [4.69, 9.17) is 9.47 Å². The molecule has 7 heterocycles. The standard InChI is InChI=1S/C42H53N11O5/c1-26(2)57-39-21-31-33(23-43-39)47-48-40(31)32-22-37(45-25-44-32)52-18-16-50(17-19-52)24-27-4-7-29(8-5-27)58-30-12-14-51(15-13-30)28-6-9-34-36(20-28)49(3)42(56)53(34)35-10-11-38(54)46-41(35)55/h6,9,20-23,25-27,29-30,35H,4-5,7-8,10-19,24H2,1-3H3,(H,47,48)(H,46,54,55). The van der Waals surface area contributed by atoms with Crippen molar-refractivity contribution in [3.8, 4) is 17.3 Å². The molecule has 1 aromatic carbocycles. The van der Waals surface area contributed by atoms with Crippen molar-refractivity contribution in [1.29, 1.82) is 0 Å². The van der Waals surface area contributed by atoms with Gasteiger partial charge in [-0.05, 0) is 82.9 Å². The number of benzene rings is 1. The average molecular weight is 792 g/mol. The Balaban J connectivity index is 0.725. The number of piperidine rings is 2. The average Bonchev–Trinajstić information content (AvgIpc) is 3.76. The zero-order valence-electron chi connectivity index (χ0n) is 33.6. The van der Waals surface area contributed by atoms with Crippen LogP contribution in [0.15, 0.2) is 47.7 Å². The summed E-state index contributed by atoms with van der Waals surface area (Å²) in [5.41, 5.74) is 4.70. The van der Waals surface area contributed by atoms with E-state index in [9.17, 15) is 14.4 Å². The smallest absolute Gasteiger partial charge is 0.329 e. The molecular weight excluding hydrogens is 739 g/mol. The summed E-state index contributed by atoms with van der Waals surface area (Å²) in [6.45, 7) is 10.8. The van der Waals surface area contributed by atoms with Crippen LogP contribution in [-0.4, -0.2) is 115 Å². The third-order valence-electron chi connectivity index (χ3n) is 12.5. The highest BCUT2D eigenvalue weighted by molar-refractivity contribution is 6.00. The Kier molecular flexibility index (Phi) is 10.6. The van der Waals surface area contributed by atoms with Crippen molar-refractivity contribution in [2.24, 2.45) is 13.0 Å². The van der Waals surface area contributed by atoms with Crippen molar-refractivity contribution in [2.75, 3.05) is 55.6 Å². The lowest BCUT2D eigenvalue weighted by Gasteiger charge is -2.39. The number of nitrogens with zero attached hydrogens (tertiary/aromatic N) is 9. The normalized spacial score (nSPS) is 22.7. The van der Waals surface area contributed by atoms with E-state index in [0.717, 1.165) is 111 Å².